The molecule has 3 heterocycles. The number of benzene rings is 1. The summed E-state index contributed by atoms with van der Waals surface area (Å²) in [5, 5.41) is 15.6. The Kier molecular flexibility index (Phi) is 9.88. The van der Waals surface area contributed by atoms with E-state index in [2.05, 4.69) is 10.6 Å². The van der Waals surface area contributed by atoms with E-state index in [1.807, 2.05) is 0 Å². The molecule has 12 nitrogen and oxygen atoms in total. The van der Waals surface area contributed by atoms with Crippen LogP contribution in [0, 0.1) is 11.7 Å². The van der Waals surface area contributed by atoms with Crippen LogP contribution in [0.25, 0.3) is 0 Å². The highest BCUT2D eigenvalue weighted by Gasteiger charge is 2.62. The van der Waals surface area contributed by atoms with Crippen LogP contribution in [0.15, 0.2) is 18.2 Å². The Hall–Kier alpha value is -3.90. The largest absolute Gasteiger partial charge is 0.479 e. The zero-order chi connectivity index (χ0) is 33.1. The van der Waals surface area contributed by atoms with Gasteiger partial charge in [0, 0.05) is 19.5 Å². The van der Waals surface area contributed by atoms with Gasteiger partial charge in [-0.1, -0.05) is 44.2 Å². The minimum absolute atomic E-state index is 0.0258. The minimum atomic E-state index is -1.39. The molecule has 256 valence electrons. The van der Waals surface area contributed by atoms with Gasteiger partial charge in [0.2, 0.25) is 11.8 Å². The van der Waals surface area contributed by atoms with Crippen molar-refractivity contribution in [1.82, 2.24) is 20.4 Å². The highest BCUT2D eigenvalue weighted by atomic mass is 19.1. The van der Waals surface area contributed by atoms with Crippen LogP contribution < -0.4 is 10.6 Å². The molecule has 5 aliphatic rings. The van der Waals surface area contributed by atoms with E-state index in [0.717, 1.165) is 51.4 Å². The third-order valence-corrected chi connectivity index (χ3v) is 10.6. The first-order valence-corrected chi connectivity index (χ1v) is 17.2. The molecule has 2 saturated carbocycles. The average molecular weight is 657 g/mol. The van der Waals surface area contributed by atoms with Crippen molar-refractivity contribution < 1.29 is 42.9 Å². The van der Waals surface area contributed by atoms with Crippen molar-refractivity contribution in [3.63, 3.8) is 0 Å². The van der Waals surface area contributed by atoms with Gasteiger partial charge < -0.3 is 35.0 Å². The summed E-state index contributed by atoms with van der Waals surface area (Å²) in [5.74, 6) is -2.73. The van der Waals surface area contributed by atoms with Gasteiger partial charge in [-0.05, 0) is 74.5 Å². The molecule has 3 N–H and O–H groups in total. The second kappa shape index (κ2) is 14.1. The second-order valence-electron chi connectivity index (χ2n) is 13.8. The first-order chi connectivity index (χ1) is 22.6. The molecule has 5 atom stereocenters. The second-order valence-corrected chi connectivity index (χ2v) is 13.8. The number of halogens is 1. The standard InChI is InChI=1S/C34H45FN4O8/c35-26-13-8-9-21-19-38(16-15-25(21)26)33(45)47-24-17-28-29(40)37-34(31(42)43)18-22(34)10-4-2-1-3-5-14-27(30(41)39(28)20-24)36-32(44)46-23-11-6-7-12-23/h8-9,13,22-24,27-28H,1-7,10-12,14-20H2,(H,36,44)(H,37,40)(H,42,43)/t22-,24-,27+,28+,34-/m1/s1. The predicted octanol–water partition coefficient (Wildman–Crippen LogP) is 4.03. The Bertz CT molecular complexity index is 1390. The van der Waals surface area contributed by atoms with Crippen molar-refractivity contribution in [3.8, 4) is 0 Å². The lowest BCUT2D eigenvalue weighted by Gasteiger charge is -2.30. The Morgan fingerprint density at radius 3 is 2.45 bits per heavy atom. The smallest absolute Gasteiger partial charge is 0.410 e. The zero-order valence-electron chi connectivity index (χ0n) is 26.7. The molecule has 6 rings (SSSR count). The molecule has 1 aromatic carbocycles. The van der Waals surface area contributed by atoms with Crippen molar-refractivity contribution in [2.75, 3.05) is 13.1 Å². The number of nitrogens with one attached hydrogen (secondary N) is 2. The van der Waals surface area contributed by atoms with Crippen molar-refractivity contribution in [3.05, 3.63) is 35.1 Å². The molecule has 2 aliphatic carbocycles. The number of fused-ring (bicyclic) bond motifs is 3. The van der Waals surface area contributed by atoms with Gasteiger partial charge in [-0.25, -0.2) is 18.8 Å². The highest BCUT2D eigenvalue weighted by molar-refractivity contribution is 5.96. The molecule has 13 heteroatoms. The number of amides is 4. The fourth-order valence-electron chi connectivity index (χ4n) is 7.82. The lowest BCUT2D eigenvalue weighted by Crippen LogP contribution is -2.56. The summed E-state index contributed by atoms with van der Waals surface area (Å²) in [4.78, 5) is 69.3. The van der Waals surface area contributed by atoms with Crippen LogP contribution in [0.4, 0.5) is 14.0 Å². The molecule has 0 bridgehead atoms. The fraction of sp³-hybridized carbons (Fsp3) is 0.676. The van der Waals surface area contributed by atoms with E-state index in [1.165, 1.54) is 15.9 Å². The summed E-state index contributed by atoms with van der Waals surface area (Å²) in [6.07, 6.45) is 6.96. The zero-order valence-corrected chi connectivity index (χ0v) is 26.7. The van der Waals surface area contributed by atoms with Gasteiger partial charge in [0.05, 0.1) is 6.54 Å². The molecule has 0 aromatic heterocycles. The van der Waals surface area contributed by atoms with Gasteiger partial charge in [0.1, 0.15) is 35.6 Å². The van der Waals surface area contributed by atoms with E-state index >= 15 is 0 Å². The van der Waals surface area contributed by atoms with E-state index in [4.69, 9.17) is 9.47 Å². The normalized spacial score (nSPS) is 30.1. The summed E-state index contributed by atoms with van der Waals surface area (Å²) in [7, 11) is 0. The number of alkyl carbamates (subject to hydrolysis) is 1. The molecule has 47 heavy (non-hydrogen) atoms. The first kappa shape index (κ1) is 33.0. The topological polar surface area (TPSA) is 155 Å². The molecule has 0 unspecified atom stereocenters. The number of aliphatic carboxylic acids is 1. The number of hydrogen-bond acceptors (Lipinski definition) is 7. The van der Waals surface area contributed by atoms with Gasteiger partial charge in [-0.15, -0.1) is 0 Å². The molecular formula is C34H45FN4O8. The third kappa shape index (κ3) is 7.33. The Morgan fingerprint density at radius 1 is 0.957 bits per heavy atom. The number of carboxylic acids is 1. The monoisotopic (exact) mass is 656 g/mol. The number of rotatable bonds is 4. The van der Waals surface area contributed by atoms with Crippen molar-refractivity contribution in [2.24, 2.45) is 5.92 Å². The molecule has 4 fully saturated rings. The van der Waals surface area contributed by atoms with Crippen LogP contribution in [0.2, 0.25) is 0 Å². The number of nitrogens with zero attached hydrogens (tertiary/aromatic N) is 2. The SMILES string of the molecule is O=C(N[C@H]1CCCCCCC[C@@H]2C[C@@]2(C(=O)O)NC(=O)[C@@H]2C[C@@H](OC(=O)N3CCc4c(F)cccc4C3)CN2C1=O)OC1CCCC1. The maximum Gasteiger partial charge on any atom is 0.410 e. The Labute approximate surface area is 273 Å². The van der Waals surface area contributed by atoms with Gasteiger partial charge in [-0.2, -0.15) is 0 Å². The number of carbonyl (C=O) groups is 5. The molecular weight excluding hydrogens is 611 g/mol. The summed E-state index contributed by atoms with van der Waals surface area (Å²) in [6.45, 7) is 0.327. The minimum Gasteiger partial charge on any atom is -0.479 e. The lowest BCUT2D eigenvalue weighted by molar-refractivity contribution is -0.146. The van der Waals surface area contributed by atoms with Crippen LogP contribution in [0.3, 0.4) is 0 Å². The van der Waals surface area contributed by atoms with E-state index in [9.17, 15) is 33.5 Å². The Morgan fingerprint density at radius 2 is 1.68 bits per heavy atom. The number of ether oxygens (including phenoxy) is 2. The third-order valence-electron chi connectivity index (χ3n) is 10.6. The number of carboxylic acid groups (broad SMARTS) is 1. The molecule has 4 amide bonds. The van der Waals surface area contributed by atoms with Crippen molar-refractivity contribution in [2.45, 2.75) is 126 Å². The Balaban J connectivity index is 1.20. The van der Waals surface area contributed by atoms with Gasteiger partial charge >= 0.3 is 18.2 Å². The van der Waals surface area contributed by atoms with Crippen LogP contribution in [0.1, 0.15) is 94.6 Å². The summed E-state index contributed by atoms with van der Waals surface area (Å²) in [5.41, 5.74) is -0.125. The number of hydrogen-bond donors (Lipinski definition) is 3. The molecule has 3 aliphatic heterocycles. The molecule has 0 radical (unpaired) electrons. The lowest BCUT2D eigenvalue weighted by atomic mass is 9.99. The van der Waals surface area contributed by atoms with Crippen LogP contribution >= 0.6 is 0 Å². The molecule has 0 spiro atoms. The van der Waals surface area contributed by atoms with E-state index < -0.39 is 53.7 Å². The number of carbonyl (C=O) groups excluding carboxylic acids is 4. The van der Waals surface area contributed by atoms with Gasteiger partial charge in [0.25, 0.3) is 0 Å². The predicted molar refractivity (Wildman–Crippen MR) is 165 cm³/mol. The fourth-order valence-corrected chi connectivity index (χ4v) is 7.82. The quantitative estimate of drug-likeness (QED) is 0.439. The highest BCUT2D eigenvalue weighted by Crippen LogP contribution is 2.47. The summed E-state index contributed by atoms with van der Waals surface area (Å²) < 4.78 is 25.7. The summed E-state index contributed by atoms with van der Waals surface area (Å²) >= 11 is 0. The molecule has 2 saturated heterocycles. The van der Waals surface area contributed by atoms with Crippen molar-refractivity contribution >= 4 is 30.0 Å². The van der Waals surface area contributed by atoms with Crippen LogP contribution in [-0.4, -0.2) is 87.8 Å². The van der Waals surface area contributed by atoms with E-state index in [0.29, 0.717) is 43.2 Å². The average Bonchev–Trinajstić information content (AvgIpc) is 3.33. The first-order valence-electron chi connectivity index (χ1n) is 17.2. The molecule has 1 aromatic rings. The maximum absolute atomic E-state index is 14.2. The van der Waals surface area contributed by atoms with Gasteiger partial charge in [0.15, 0.2) is 0 Å². The van der Waals surface area contributed by atoms with Crippen LogP contribution in [-0.2, 0) is 36.8 Å². The van der Waals surface area contributed by atoms with Gasteiger partial charge in [-0.3, -0.25) is 9.59 Å². The van der Waals surface area contributed by atoms with E-state index in [1.54, 1.807) is 12.1 Å². The maximum atomic E-state index is 14.2. The van der Waals surface area contributed by atoms with Crippen molar-refractivity contribution in [1.29, 1.82) is 0 Å². The van der Waals surface area contributed by atoms with E-state index in [-0.39, 0.29) is 43.9 Å². The summed E-state index contributed by atoms with van der Waals surface area (Å²) in [6, 6.07) is 2.69. The van der Waals surface area contributed by atoms with Crippen LogP contribution in [0.5, 0.6) is 0 Å².